The first-order valence-corrected chi connectivity index (χ1v) is 11.8. The van der Waals surface area contributed by atoms with Crippen LogP contribution >= 0.6 is 11.6 Å². The van der Waals surface area contributed by atoms with Gasteiger partial charge in [-0.1, -0.05) is 23.7 Å². The molecule has 33 heavy (non-hydrogen) atoms. The molecule has 11 nitrogen and oxygen atoms in total. The number of nitrogens with zero attached hydrogens (tertiary/aromatic N) is 5. The molecule has 4 rings (SSSR count). The number of ether oxygens (including phenoxy) is 2. The van der Waals surface area contributed by atoms with Crippen LogP contribution < -0.4 is 10.1 Å². The SMILES string of the molecule is COc1ccc(NC(=O)Cn2nnc(-c3cccc(Cl)c3)n2)cc1S(=O)(=O)N1CCOCC1. The van der Waals surface area contributed by atoms with Crippen LogP contribution in [0.5, 0.6) is 5.75 Å². The molecular formula is C20H21ClN6O5S. The second kappa shape index (κ2) is 9.83. The molecule has 1 saturated heterocycles. The maximum Gasteiger partial charge on any atom is 0.248 e. The van der Waals surface area contributed by atoms with Crippen molar-refractivity contribution in [3.8, 4) is 17.1 Å². The molecule has 3 aromatic rings. The van der Waals surface area contributed by atoms with Gasteiger partial charge < -0.3 is 14.8 Å². The lowest BCUT2D eigenvalue weighted by Crippen LogP contribution is -2.40. The van der Waals surface area contributed by atoms with Crippen LogP contribution in [0.25, 0.3) is 11.4 Å². The monoisotopic (exact) mass is 492 g/mol. The van der Waals surface area contributed by atoms with Gasteiger partial charge in [0.05, 0.1) is 20.3 Å². The average molecular weight is 493 g/mol. The molecule has 1 aliphatic heterocycles. The molecule has 13 heteroatoms. The summed E-state index contributed by atoms with van der Waals surface area (Å²) in [6, 6.07) is 11.4. The second-order valence-electron chi connectivity index (χ2n) is 7.08. The predicted octanol–water partition coefficient (Wildman–Crippen LogP) is 1.66. The summed E-state index contributed by atoms with van der Waals surface area (Å²) in [6.45, 7) is 0.912. The van der Waals surface area contributed by atoms with Crippen LogP contribution in [-0.2, 0) is 26.1 Å². The van der Waals surface area contributed by atoms with Crippen LogP contribution in [0.3, 0.4) is 0 Å². The third-order valence-electron chi connectivity index (χ3n) is 4.86. The maximum atomic E-state index is 13.1. The van der Waals surface area contributed by atoms with Crippen molar-refractivity contribution in [1.82, 2.24) is 24.5 Å². The Hall–Kier alpha value is -3.06. The summed E-state index contributed by atoms with van der Waals surface area (Å²) in [5.41, 5.74) is 0.963. The Morgan fingerprint density at radius 3 is 2.73 bits per heavy atom. The fourth-order valence-corrected chi connectivity index (χ4v) is 5.04. The Labute approximate surface area is 195 Å². The highest BCUT2D eigenvalue weighted by molar-refractivity contribution is 7.89. The van der Waals surface area contributed by atoms with Gasteiger partial charge in [-0.3, -0.25) is 4.79 Å². The molecular weight excluding hydrogens is 472 g/mol. The van der Waals surface area contributed by atoms with Crippen molar-refractivity contribution in [3.63, 3.8) is 0 Å². The first kappa shape index (κ1) is 23.1. The molecule has 0 saturated carbocycles. The van der Waals surface area contributed by atoms with Crippen LogP contribution in [0.15, 0.2) is 47.4 Å². The minimum absolute atomic E-state index is 0.0353. The molecule has 1 N–H and O–H groups in total. The zero-order chi connectivity index (χ0) is 23.4. The molecule has 0 aliphatic carbocycles. The summed E-state index contributed by atoms with van der Waals surface area (Å²) in [4.78, 5) is 13.6. The molecule has 0 radical (unpaired) electrons. The summed E-state index contributed by atoms with van der Waals surface area (Å²) in [5.74, 6) is 0.0576. The van der Waals surface area contributed by atoms with E-state index in [0.29, 0.717) is 35.3 Å². The smallest absolute Gasteiger partial charge is 0.248 e. The van der Waals surface area contributed by atoms with E-state index in [-0.39, 0.29) is 30.3 Å². The average Bonchev–Trinajstić information content (AvgIpc) is 3.28. The molecule has 1 amide bonds. The van der Waals surface area contributed by atoms with E-state index < -0.39 is 15.9 Å². The van der Waals surface area contributed by atoms with E-state index in [1.54, 1.807) is 30.3 Å². The molecule has 2 aromatic carbocycles. The number of benzene rings is 2. The van der Waals surface area contributed by atoms with Gasteiger partial charge in [-0.25, -0.2) is 8.42 Å². The number of carbonyl (C=O) groups excluding carboxylic acids is 1. The lowest BCUT2D eigenvalue weighted by molar-refractivity contribution is -0.117. The van der Waals surface area contributed by atoms with Gasteiger partial charge in [0.15, 0.2) is 0 Å². The number of tetrazole rings is 1. The highest BCUT2D eigenvalue weighted by atomic mass is 35.5. The van der Waals surface area contributed by atoms with Crippen molar-refractivity contribution in [2.45, 2.75) is 11.4 Å². The minimum Gasteiger partial charge on any atom is -0.495 e. The van der Waals surface area contributed by atoms with Gasteiger partial charge >= 0.3 is 0 Å². The molecule has 1 aliphatic rings. The number of methoxy groups -OCH3 is 1. The zero-order valence-electron chi connectivity index (χ0n) is 17.6. The number of rotatable bonds is 7. The largest absolute Gasteiger partial charge is 0.495 e. The second-order valence-corrected chi connectivity index (χ2v) is 9.43. The number of halogens is 1. The minimum atomic E-state index is -3.83. The van der Waals surface area contributed by atoms with Crippen molar-refractivity contribution in [3.05, 3.63) is 47.5 Å². The first-order valence-electron chi connectivity index (χ1n) is 9.96. The Morgan fingerprint density at radius 1 is 1.21 bits per heavy atom. The fraction of sp³-hybridized carbons (Fsp3) is 0.300. The highest BCUT2D eigenvalue weighted by Crippen LogP contribution is 2.30. The topological polar surface area (TPSA) is 129 Å². The molecule has 1 aromatic heterocycles. The van der Waals surface area contributed by atoms with Crippen LogP contribution in [0.1, 0.15) is 0 Å². The van der Waals surface area contributed by atoms with Crippen LogP contribution in [-0.4, -0.2) is 72.3 Å². The Kier molecular flexibility index (Phi) is 6.88. The van der Waals surface area contributed by atoms with E-state index in [9.17, 15) is 13.2 Å². The zero-order valence-corrected chi connectivity index (χ0v) is 19.2. The third-order valence-corrected chi connectivity index (χ3v) is 7.01. The first-order chi connectivity index (χ1) is 15.9. The van der Waals surface area contributed by atoms with Gasteiger partial charge in [-0.15, -0.1) is 10.2 Å². The quantitative estimate of drug-likeness (QED) is 0.527. The van der Waals surface area contributed by atoms with Crippen molar-refractivity contribution >= 4 is 33.2 Å². The van der Waals surface area contributed by atoms with Crippen LogP contribution in [0, 0.1) is 0 Å². The number of hydrogen-bond acceptors (Lipinski definition) is 8. The van der Waals surface area contributed by atoms with Crippen LogP contribution in [0.4, 0.5) is 5.69 Å². The van der Waals surface area contributed by atoms with Gasteiger partial charge in [0.2, 0.25) is 21.8 Å². The fourth-order valence-electron chi connectivity index (χ4n) is 3.26. The molecule has 0 spiro atoms. The number of nitrogens with one attached hydrogen (secondary N) is 1. The Balaban J connectivity index is 1.49. The van der Waals surface area contributed by atoms with Gasteiger partial charge in [0.1, 0.15) is 17.2 Å². The molecule has 0 bridgehead atoms. The van der Waals surface area contributed by atoms with E-state index in [4.69, 9.17) is 21.1 Å². The summed E-state index contributed by atoms with van der Waals surface area (Å²) >= 11 is 5.98. The van der Waals surface area contributed by atoms with Crippen molar-refractivity contribution in [1.29, 1.82) is 0 Å². The molecule has 174 valence electrons. The van der Waals surface area contributed by atoms with Gasteiger partial charge in [-0.05, 0) is 35.5 Å². The van der Waals surface area contributed by atoms with E-state index in [1.165, 1.54) is 23.5 Å². The lowest BCUT2D eigenvalue weighted by Gasteiger charge is -2.26. The molecule has 0 unspecified atom stereocenters. The van der Waals surface area contributed by atoms with Crippen molar-refractivity contribution < 1.29 is 22.7 Å². The summed E-state index contributed by atoms with van der Waals surface area (Å²) in [5, 5.41) is 15.2. The Morgan fingerprint density at radius 2 is 2.00 bits per heavy atom. The highest BCUT2D eigenvalue weighted by Gasteiger charge is 2.29. The normalized spacial score (nSPS) is 14.7. The van der Waals surface area contributed by atoms with Crippen molar-refractivity contribution in [2.24, 2.45) is 0 Å². The summed E-state index contributed by atoms with van der Waals surface area (Å²) in [6.07, 6.45) is 0. The van der Waals surface area contributed by atoms with E-state index in [1.807, 2.05) is 0 Å². The number of morpholine rings is 1. The van der Waals surface area contributed by atoms with Gasteiger partial charge in [0, 0.05) is 29.4 Å². The number of anilines is 1. The van der Waals surface area contributed by atoms with Crippen LogP contribution in [0.2, 0.25) is 5.02 Å². The number of sulfonamides is 1. The standard InChI is InChI=1S/C20H21ClN6O5S/c1-31-17-6-5-16(12-18(17)33(29,30)26-7-9-32-10-8-26)22-19(28)13-27-24-20(23-25-27)14-3-2-4-15(21)11-14/h2-6,11-12H,7-10,13H2,1H3,(H,22,28). The lowest BCUT2D eigenvalue weighted by atomic mass is 10.2. The number of carbonyl (C=O) groups is 1. The third kappa shape index (κ3) is 5.30. The summed E-state index contributed by atoms with van der Waals surface area (Å²) < 4.78 is 38.0. The number of amides is 1. The predicted molar refractivity (Wildman–Crippen MR) is 119 cm³/mol. The number of aromatic nitrogens is 4. The van der Waals surface area contributed by atoms with E-state index >= 15 is 0 Å². The number of hydrogen-bond donors (Lipinski definition) is 1. The molecule has 0 atom stereocenters. The van der Waals surface area contributed by atoms with Gasteiger partial charge in [0.25, 0.3) is 0 Å². The van der Waals surface area contributed by atoms with E-state index in [0.717, 1.165) is 4.80 Å². The van der Waals surface area contributed by atoms with Gasteiger partial charge in [-0.2, -0.15) is 9.10 Å². The maximum absolute atomic E-state index is 13.1. The molecule has 2 heterocycles. The Bertz CT molecular complexity index is 1260. The van der Waals surface area contributed by atoms with E-state index in [2.05, 4.69) is 20.7 Å². The summed E-state index contributed by atoms with van der Waals surface area (Å²) in [7, 11) is -2.44. The van der Waals surface area contributed by atoms with Crippen molar-refractivity contribution in [2.75, 3.05) is 38.7 Å². The molecule has 1 fully saturated rings.